The number of nitrogens with zero attached hydrogens (tertiary/aromatic N) is 1. The Kier molecular flexibility index (Phi) is 12.9. The van der Waals surface area contributed by atoms with Crippen LogP contribution in [-0.2, 0) is 4.74 Å². The first kappa shape index (κ1) is 19.0. The van der Waals surface area contributed by atoms with Crippen LogP contribution in [0.1, 0.15) is 57.8 Å². The molecule has 0 saturated heterocycles. The number of halogens is 1. The van der Waals surface area contributed by atoms with Gasteiger partial charge in [0, 0.05) is 26.3 Å². The Morgan fingerprint density at radius 1 is 1.16 bits per heavy atom. The van der Waals surface area contributed by atoms with Crippen molar-refractivity contribution in [1.29, 1.82) is 0 Å². The van der Waals surface area contributed by atoms with Gasteiger partial charge in [-0.1, -0.05) is 25.7 Å². The third kappa shape index (κ3) is 10.4. The van der Waals surface area contributed by atoms with Gasteiger partial charge in [0.2, 0.25) is 0 Å². The third-order valence-electron chi connectivity index (χ3n) is 3.50. The molecule has 114 valence electrons. The maximum atomic E-state index is 5.91. The molecule has 5 heteroatoms. The Labute approximate surface area is 135 Å². The quantitative estimate of drug-likeness (QED) is 0.234. The van der Waals surface area contributed by atoms with Crippen molar-refractivity contribution in [3.05, 3.63) is 0 Å². The van der Waals surface area contributed by atoms with E-state index in [1.54, 1.807) is 7.11 Å². The van der Waals surface area contributed by atoms with Crippen molar-refractivity contribution < 1.29 is 4.74 Å². The van der Waals surface area contributed by atoms with Crippen molar-refractivity contribution in [3.63, 3.8) is 0 Å². The second-order valence-electron chi connectivity index (χ2n) is 5.15. The Hall–Kier alpha value is -0.0400. The van der Waals surface area contributed by atoms with Crippen molar-refractivity contribution in [2.24, 2.45) is 10.7 Å². The highest BCUT2D eigenvalue weighted by Crippen LogP contribution is 2.16. The number of aliphatic imine (C=N–C) groups is 1. The molecule has 0 spiro atoms. The van der Waals surface area contributed by atoms with E-state index < -0.39 is 0 Å². The average Bonchev–Trinajstić information content (AvgIpc) is 2.62. The molecule has 0 aromatic heterocycles. The molecule has 1 aliphatic carbocycles. The van der Waals surface area contributed by atoms with Crippen LogP contribution in [-0.4, -0.2) is 32.3 Å². The Morgan fingerprint density at radius 3 is 2.47 bits per heavy atom. The van der Waals surface area contributed by atoms with Crippen molar-refractivity contribution in [2.45, 2.75) is 63.8 Å². The van der Waals surface area contributed by atoms with Crippen LogP contribution in [0.15, 0.2) is 4.99 Å². The van der Waals surface area contributed by atoms with E-state index in [4.69, 9.17) is 10.5 Å². The predicted octanol–water partition coefficient (Wildman–Crippen LogP) is 3.05. The second-order valence-corrected chi connectivity index (χ2v) is 5.15. The molecule has 1 saturated carbocycles. The topological polar surface area (TPSA) is 59.6 Å². The van der Waals surface area contributed by atoms with Crippen LogP contribution >= 0.6 is 24.0 Å². The van der Waals surface area contributed by atoms with Gasteiger partial charge < -0.3 is 15.8 Å². The summed E-state index contributed by atoms with van der Waals surface area (Å²) in [5.74, 6) is 0.633. The van der Waals surface area contributed by atoms with Crippen LogP contribution in [0.2, 0.25) is 0 Å². The van der Waals surface area contributed by atoms with E-state index in [9.17, 15) is 0 Å². The number of hydrogen-bond donors (Lipinski definition) is 2. The number of hydrogen-bond acceptors (Lipinski definition) is 2. The molecule has 19 heavy (non-hydrogen) atoms. The average molecular weight is 383 g/mol. The van der Waals surface area contributed by atoms with E-state index >= 15 is 0 Å². The van der Waals surface area contributed by atoms with Gasteiger partial charge in [-0.15, -0.1) is 24.0 Å². The highest BCUT2D eigenvalue weighted by atomic mass is 127. The highest BCUT2D eigenvalue weighted by Gasteiger charge is 2.11. The zero-order valence-electron chi connectivity index (χ0n) is 12.2. The molecule has 3 N–H and O–H groups in total. The van der Waals surface area contributed by atoms with Crippen molar-refractivity contribution in [2.75, 3.05) is 20.3 Å². The van der Waals surface area contributed by atoms with Crippen molar-refractivity contribution >= 4 is 29.9 Å². The van der Waals surface area contributed by atoms with Gasteiger partial charge in [-0.3, -0.25) is 4.99 Å². The van der Waals surface area contributed by atoms with E-state index in [1.807, 2.05) is 0 Å². The summed E-state index contributed by atoms with van der Waals surface area (Å²) in [5, 5.41) is 3.36. The molecular formula is C14H30IN3O. The number of nitrogens with two attached hydrogens (primary N) is 1. The minimum atomic E-state index is 0. The summed E-state index contributed by atoms with van der Waals surface area (Å²) in [4.78, 5) is 4.39. The van der Waals surface area contributed by atoms with Gasteiger partial charge in [0.25, 0.3) is 0 Å². The van der Waals surface area contributed by atoms with Crippen LogP contribution < -0.4 is 11.1 Å². The monoisotopic (exact) mass is 383 g/mol. The third-order valence-corrected chi connectivity index (χ3v) is 3.50. The zero-order chi connectivity index (χ0) is 13.1. The van der Waals surface area contributed by atoms with Crippen LogP contribution in [0.4, 0.5) is 0 Å². The number of guanidine groups is 1. The molecule has 0 unspecified atom stereocenters. The summed E-state index contributed by atoms with van der Waals surface area (Å²) in [7, 11) is 1.74. The smallest absolute Gasteiger partial charge is 0.188 e. The predicted molar refractivity (Wildman–Crippen MR) is 92.3 cm³/mol. The van der Waals surface area contributed by atoms with Crippen molar-refractivity contribution in [3.8, 4) is 0 Å². The fourth-order valence-electron chi connectivity index (χ4n) is 2.41. The molecule has 0 aromatic carbocycles. The van der Waals surface area contributed by atoms with E-state index in [0.717, 1.165) is 32.4 Å². The molecule has 0 amide bonds. The summed E-state index contributed by atoms with van der Waals surface area (Å²) in [6, 6.07) is 0.546. The first-order valence-corrected chi connectivity index (χ1v) is 7.38. The standard InChI is InChI=1S/C14H29N3O.HI/c1-18-12-8-4-7-11-16-14(15)17-13-9-5-2-3-6-10-13;/h13H,2-12H2,1H3,(H3,15,16,17);1H. The number of rotatable bonds is 7. The Bertz CT molecular complexity index is 229. The molecule has 4 nitrogen and oxygen atoms in total. The fraction of sp³-hybridized carbons (Fsp3) is 0.929. The minimum Gasteiger partial charge on any atom is -0.385 e. The molecule has 0 aromatic rings. The molecule has 1 fully saturated rings. The molecule has 0 bridgehead atoms. The lowest BCUT2D eigenvalue weighted by atomic mass is 10.1. The molecule has 1 aliphatic rings. The minimum absolute atomic E-state index is 0. The highest BCUT2D eigenvalue weighted by molar-refractivity contribution is 14.0. The second kappa shape index (κ2) is 13.0. The lowest BCUT2D eigenvalue weighted by molar-refractivity contribution is 0.192. The van der Waals surface area contributed by atoms with Crippen LogP contribution in [0.25, 0.3) is 0 Å². The molecule has 0 heterocycles. The Balaban J connectivity index is 0.00000324. The maximum absolute atomic E-state index is 5.91. The molecular weight excluding hydrogens is 353 g/mol. The van der Waals surface area contributed by atoms with E-state index in [-0.39, 0.29) is 24.0 Å². The number of methoxy groups -OCH3 is 1. The molecule has 0 aliphatic heterocycles. The van der Waals surface area contributed by atoms with Gasteiger partial charge in [0.05, 0.1) is 0 Å². The van der Waals surface area contributed by atoms with E-state index in [0.29, 0.717) is 12.0 Å². The summed E-state index contributed by atoms with van der Waals surface area (Å²) in [6.07, 6.45) is 11.2. The lowest BCUT2D eigenvalue weighted by Crippen LogP contribution is -2.39. The number of ether oxygens (including phenoxy) is 1. The fourth-order valence-corrected chi connectivity index (χ4v) is 2.41. The van der Waals surface area contributed by atoms with Gasteiger partial charge in [-0.05, 0) is 32.1 Å². The van der Waals surface area contributed by atoms with Crippen LogP contribution in [0, 0.1) is 0 Å². The van der Waals surface area contributed by atoms with Crippen LogP contribution in [0.3, 0.4) is 0 Å². The lowest BCUT2D eigenvalue weighted by Gasteiger charge is -2.16. The molecule has 0 atom stereocenters. The molecule has 1 rings (SSSR count). The first-order chi connectivity index (χ1) is 8.83. The van der Waals surface area contributed by atoms with Crippen LogP contribution in [0.5, 0.6) is 0 Å². The largest absolute Gasteiger partial charge is 0.385 e. The SMILES string of the molecule is COCCCCCN=C(N)NC1CCCCCC1.I. The number of nitrogens with one attached hydrogen (secondary N) is 1. The summed E-state index contributed by atoms with van der Waals surface area (Å²) in [6.45, 7) is 1.68. The van der Waals surface area contributed by atoms with Gasteiger partial charge >= 0.3 is 0 Å². The van der Waals surface area contributed by atoms with Gasteiger partial charge in [0.15, 0.2) is 5.96 Å². The van der Waals surface area contributed by atoms with Gasteiger partial charge in [-0.25, -0.2) is 0 Å². The molecule has 0 radical (unpaired) electrons. The summed E-state index contributed by atoms with van der Waals surface area (Å²) < 4.78 is 5.01. The first-order valence-electron chi connectivity index (χ1n) is 7.38. The van der Waals surface area contributed by atoms with Gasteiger partial charge in [0.1, 0.15) is 0 Å². The summed E-state index contributed by atoms with van der Waals surface area (Å²) in [5.41, 5.74) is 5.91. The van der Waals surface area contributed by atoms with Crippen molar-refractivity contribution in [1.82, 2.24) is 5.32 Å². The Morgan fingerprint density at radius 2 is 1.84 bits per heavy atom. The zero-order valence-corrected chi connectivity index (χ0v) is 14.5. The van der Waals surface area contributed by atoms with Gasteiger partial charge in [-0.2, -0.15) is 0 Å². The number of unbranched alkanes of at least 4 members (excludes halogenated alkanes) is 2. The summed E-state index contributed by atoms with van der Waals surface area (Å²) >= 11 is 0. The van der Waals surface area contributed by atoms with E-state index in [1.165, 1.54) is 38.5 Å². The van der Waals surface area contributed by atoms with E-state index in [2.05, 4.69) is 10.3 Å². The normalized spacial score (nSPS) is 17.6. The maximum Gasteiger partial charge on any atom is 0.188 e.